The van der Waals surface area contributed by atoms with Gasteiger partial charge in [0, 0.05) is 19.7 Å². The van der Waals surface area contributed by atoms with Crippen LogP contribution in [0.4, 0.5) is 0 Å². The molecule has 1 atom stereocenters. The molecule has 4 nitrogen and oxygen atoms in total. The zero-order chi connectivity index (χ0) is 13.6. The second-order valence-electron chi connectivity index (χ2n) is 5.04. The molecule has 0 radical (unpaired) electrons. The first-order valence-electron chi connectivity index (χ1n) is 7.04. The van der Waals surface area contributed by atoms with Crippen LogP contribution in [0.3, 0.4) is 0 Å². The van der Waals surface area contributed by atoms with Gasteiger partial charge in [0.1, 0.15) is 0 Å². The highest BCUT2D eigenvalue weighted by Gasteiger charge is 2.02. The summed E-state index contributed by atoms with van der Waals surface area (Å²) < 4.78 is 15.6. The average Bonchev–Trinajstić information content (AvgIpc) is 2.34. The molecule has 0 aliphatic heterocycles. The monoisotopic (exact) mass is 261 g/mol. The molecule has 0 spiro atoms. The molecule has 0 saturated heterocycles. The smallest absolute Gasteiger partial charge is 0.0701 e. The molecule has 110 valence electrons. The highest BCUT2D eigenvalue weighted by Crippen LogP contribution is 2.05. The second kappa shape index (κ2) is 13.3. The predicted octanol–water partition coefficient (Wildman–Crippen LogP) is 2.08. The van der Waals surface area contributed by atoms with E-state index in [0.29, 0.717) is 32.5 Å². The molecule has 0 aromatic carbocycles. The van der Waals surface area contributed by atoms with Gasteiger partial charge in [0.2, 0.25) is 0 Å². The molecule has 0 aliphatic rings. The molecule has 1 N–H and O–H groups in total. The highest BCUT2D eigenvalue weighted by atomic mass is 16.5. The number of rotatable bonds is 13. The van der Waals surface area contributed by atoms with Gasteiger partial charge in [-0.3, -0.25) is 0 Å². The molecule has 4 heteroatoms. The maximum Gasteiger partial charge on any atom is 0.0701 e. The van der Waals surface area contributed by atoms with E-state index in [4.69, 9.17) is 14.2 Å². The Kier molecular flexibility index (Phi) is 13.2. The SMILES string of the molecule is COCCOCCOCCNC(C)CCC(C)C. The van der Waals surface area contributed by atoms with Gasteiger partial charge in [0.15, 0.2) is 0 Å². The van der Waals surface area contributed by atoms with E-state index in [0.717, 1.165) is 19.1 Å². The second-order valence-corrected chi connectivity index (χ2v) is 5.04. The molecule has 0 bridgehead atoms. The molecule has 18 heavy (non-hydrogen) atoms. The van der Waals surface area contributed by atoms with Crippen LogP contribution in [-0.2, 0) is 14.2 Å². The summed E-state index contributed by atoms with van der Waals surface area (Å²) in [6, 6.07) is 0.578. The van der Waals surface area contributed by atoms with E-state index < -0.39 is 0 Å². The average molecular weight is 261 g/mol. The fraction of sp³-hybridized carbons (Fsp3) is 1.00. The quantitative estimate of drug-likeness (QED) is 0.515. The first-order valence-corrected chi connectivity index (χ1v) is 7.04. The Morgan fingerprint density at radius 1 is 0.833 bits per heavy atom. The molecular formula is C14H31NO3. The van der Waals surface area contributed by atoms with Crippen molar-refractivity contribution in [1.29, 1.82) is 0 Å². The Bertz CT molecular complexity index is 165. The predicted molar refractivity (Wildman–Crippen MR) is 75.1 cm³/mol. The van der Waals surface area contributed by atoms with Gasteiger partial charge >= 0.3 is 0 Å². The van der Waals surface area contributed by atoms with Gasteiger partial charge in [0.05, 0.1) is 33.0 Å². The first-order chi connectivity index (χ1) is 8.66. The van der Waals surface area contributed by atoms with Crippen LogP contribution >= 0.6 is 0 Å². The van der Waals surface area contributed by atoms with E-state index in [2.05, 4.69) is 26.1 Å². The summed E-state index contributed by atoms with van der Waals surface area (Å²) in [5, 5.41) is 3.46. The molecule has 0 aromatic heterocycles. The van der Waals surface area contributed by atoms with Crippen molar-refractivity contribution >= 4 is 0 Å². The summed E-state index contributed by atoms with van der Waals surface area (Å²) in [6.07, 6.45) is 2.51. The van der Waals surface area contributed by atoms with E-state index in [-0.39, 0.29) is 0 Å². The van der Waals surface area contributed by atoms with Gasteiger partial charge in [0.25, 0.3) is 0 Å². The van der Waals surface area contributed by atoms with Crippen LogP contribution in [-0.4, -0.2) is 52.7 Å². The Hall–Kier alpha value is -0.160. The van der Waals surface area contributed by atoms with E-state index >= 15 is 0 Å². The van der Waals surface area contributed by atoms with Crippen LogP contribution in [0.25, 0.3) is 0 Å². The highest BCUT2D eigenvalue weighted by molar-refractivity contribution is 4.61. The van der Waals surface area contributed by atoms with Crippen molar-refractivity contribution < 1.29 is 14.2 Å². The van der Waals surface area contributed by atoms with E-state index in [9.17, 15) is 0 Å². The zero-order valence-electron chi connectivity index (χ0n) is 12.5. The van der Waals surface area contributed by atoms with E-state index in [1.54, 1.807) is 7.11 Å². The summed E-state index contributed by atoms with van der Waals surface area (Å²) in [6.45, 7) is 11.0. The minimum absolute atomic E-state index is 0.578. The van der Waals surface area contributed by atoms with Gasteiger partial charge in [-0.2, -0.15) is 0 Å². The Morgan fingerprint density at radius 2 is 1.44 bits per heavy atom. The van der Waals surface area contributed by atoms with E-state index in [1.165, 1.54) is 12.8 Å². The van der Waals surface area contributed by atoms with Crippen LogP contribution in [0.15, 0.2) is 0 Å². The molecular weight excluding hydrogens is 230 g/mol. The van der Waals surface area contributed by atoms with Crippen LogP contribution in [0.5, 0.6) is 0 Å². The minimum atomic E-state index is 0.578. The number of hydrogen-bond donors (Lipinski definition) is 1. The summed E-state index contributed by atoms with van der Waals surface area (Å²) in [4.78, 5) is 0. The lowest BCUT2D eigenvalue weighted by Gasteiger charge is -2.15. The summed E-state index contributed by atoms with van der Waals surface area (Å²) >= 11 is 0. The fourth-order valence-electron chi connectivity index (χ4n) is 1.53. The molecule has 0 fully saturated rings. The van der Waals surface area contributed by atoms with Crippen molar-refractivity contribution in [2.24, 2.45) is 5.92 Å². The van der Waals surface area contributed by atoms with Crippen molar-refractivity contribution in [2.75, 3.05) is 46.7 Å². The molecule has 0 rings (SSSR count). The number of hydrogen-bond acceptors (Lipinski definition) is 4. The zero-order valence-corrected chi connectivity index (χ0v) is 12.5. The minimum Gasteiger partial charge on any atom is -0.382 e. The van der Waals surface area contributed by atoms with Gasteiger partial charge in [-0.25, -0.2) is 0 Å². The lowest BCUT2D eigenvalue weighted by molar-refractivity contribution is 0.0252. The Morgan fingerprint density at radius 3 is 2.06 bits per heavy atom. The largest absolute Gasteiger partial charge is 0.382 e. The van der Waals surface area contributed by atoms with Crippen molar-refractivity contribution in [2.45, 2.75) is 39.7 Å². The van der Waals surface area contributed by atoms with Crippen LogP contribution < -0.4 is 5.32 Å². The summed E-state index contributed by atoms with van der Waals surface area (Å²) in [7, 11) is 1.67. The molecule has 0 aromatic rings. The third-order valence-corrected chi connectivity index (χ3v) is 2.72. The van der Waals surface area contributed by atoms with Crippen molar-refractivity contribution in [3.63, 3.8) is 0 Å². The molecule has 0 aliphatic carbocycles. The van der Waals surface area contributed by atoms with Crippen LogP contribution in [0.2, 0.25) is 0 Å². The molecule has 1 unspecified atom stereocenters. The van der Waals surface area contributed by atoms with Gasteiger partial charge in [-0.1, -0.05) is 13.8 Å². The lowest BCUT2D eigenvalue weighted by atomic mass is 10.0. The fourth-order valence-corrected chi connectivity index (χ4v) is 1.53. The van der Waals surface area contributed by atoms with Gasteiger partial charge in [-0.15, -0.1) is 0 Å². The molecule has 0 saturated carbocycles. The Balaban J connectivity index is 3.10. The third-order valence-electron chi connectivity index (χ3n) is 2.72. The Labute approximate surface area is 112 Å². The van der Waals surface area contributed by atoms with E-state index in [1.807, 2.05) is 0 Å². The van der Waals surface area contributed by atoms with Crippen molar-refractivity contribution in [3.8, 4) is 0 Å². The van der Waals surface area contributed by atoms with Gasteiger partial charge < -0.3 is 19.5 Å². The van der Waals surface area contributed by atoms with Crippen LogP contribution in [0.1, 0.15) is 33.6 Å². The third kappa shape index (κ3) is 13.9. The van der Waals surface area contributed by atoms with Gasteiger partial charge in [-0.05, 0) is 25.7 Å². The van der Waals surface area contributed by atoms with Crippen LogP contribution in [0, 0.1) is 5.92 Å². The van der Waals surface area contributed by atoms with Crippen molar-refractivity contribution in [3.05, 3.63) is 0 Å². The molecule has 0 amide bonds. The maximum atomic E-state index is 5.46. The first kappa shape index (κ1) is 17.8. The lowest BCUT2D eigenvalue weighted by Crippen LogP contribution is -2.30. The number of ether oxygens (including phenoxy) is 3. The standard InChI is InChI=1S/C14H31NO3/c1-13(2)5-6-14(3)15-7-8-17-11-12-18-10-9-16-4/h13-15H,5-12H2,1-4H3. The van der Waals surface area contributed by atoms with Crippen molar-refractivity contribution in [1.82, 2.24) is 5.32 Å². The summed E-state index contributed by atoms with van der Waals surface area (Å²) in [5.74, 6) is 0.787. The number of nitrogens with one attached hydrogen (secondary N) is 1. The molecule has 0 heterocycles. The maximum absolute atomic E-state index is 5.46. The summed E-state index contributed by atoms with van der Waals surface area (Å²) in [5.41, 5.74) is 0. The topological polar surface area (TPSA) is 39.7 Å². The normalized spacial score (nSPS) is 13.2. The number of methoxy groups -OCH3 is 1.